The molecule has 0 saturated carbocycles. The van der Waals surface area contributed by atoms with Gasteiger partial charge >= 0.3 is 12.8 Å². The molecule has 0 aromatic heterocycles. The maximum Gasteiger partial charge on any atom is 0.417 e. The first kappa shape index (κ1) is 18.5. The zero-order valence-electron chi connectivity index (χ0n) is 13.9. The lowest BCUT2D eigenvalue weighted by Crippen LogP contribution is -2.37. The van der Waals surface area contributed by atoms with Gasteiger partial charge in [-0.2, -0.15) is 26.3 Å². The van der Waals surface area contributed by atoms with Crippen molar-refractivity contribution in [2.45, 2.75) is 24.7 Å². The van der Waals surface area contributed by atoms with Crippen molar-refractivity contribution in [3.63, 3.8) is 0 Å². The number of hydrogen-bond acceptors (Lipinski definition) is 5. The summed E-state index contributed by atoms with van der Waals surface area (Å²) >= 11 is 0. The predicted octanol–water partition coefficient (Wildman–Crippen LogP) is 3.81. The van der Waals surface area contributed by atoms with Crippen LogP contribution in [0, 0.1) is 5.82 Å². The van der Waals surface area contributed by atoms with Crippen LogP contribution in [0.15, 0.2) is 40.7 Å². The molecule has 1 spiro atoms. The molecule has 3 aliphatic rings. The van der Waals surface area contributed by atoms with E-state index in [9.17, 15) is 31.4 Å². The van der Waals surface area contributed by atoms with Crippen LogP contribution in [0.2, 0.25) is 0 Å². The van der Waals surface area contributed by atoms with Crippen molar-refractivity contribution in [3.8, 4) is 11.5 Å². The SMILES string of the molecule is Oc1ccc2c(c1F)OCC[C@@]21CN2C=C(C(F)(F)F)C=C(OC(F)F)C2=N1. The standard InChI is InChI=1S/C17H12F6N2O3/c18-12-10(26)2-1-9-13(12)27-4-3-16(9)7-25-6-8(17(21,22)23)5-11(14(25)24-16)28-15(19)20/h1-2,5-6,15,26H,3-4,7H2/t16-/m1/s1. The molecule has 1 aromatic carbocycles. The summed E-state index contributed by atoms with van der Waals surface area (Å²) in [6.45, 7) is -3.54. The summed E-state index contributed by atoms with van der Waals surface area (Å²) in [6, 6.07) is 2.42. The minimum atomic E-state index is -4.79. The van der Waals surface area contributed by atoms with Gasteiger partial charge in [0, 0.05) is 18.2 Å². The largest absolute Gasteiger partial charge is 0.505 e. The molecule has 28 heavy (non-hydrogen) atoms. The molecular formula is C17H12F6N2O3. The zero-order chi connectivity index (χ0) is 20.3. The average Bonchev–Trinajstić information content (AvgIpc) is 2.96. The number of aromatic hydroxyl groups is 1. The number of allylic oxidation sites excluding steroid dienone is 2. The van der Waals surface area contributed by atoms with E-state index in [0.29, 0.717) is 6.08 Å². The fraction of sp³-hybridized carbons (Fsp3) is 0.353. The summed E-state index contributed by atoms with van der Waals surface area (Å²) in [5.41, 5.74) is -2.21. The Bertz CT molecular complexity index is 924. The van der Waals surface area contributed by atoms with Crippen LogP contribution in [0.4, 0.5) is 26.3 Å². The summed E-state index contributed by atoms with van der Waals surface area (Å²) in [5.74, 6) is -2.88. The second-order valence-electron chi connectivity index (χ2n) is 6.44. The van der Waals surface area contributed by atoms with Gasteiger partial charge in [0.1, 0.15) is 5.54 Å². The van der Waals surface area contributed by atoms with Crippen LogP contribution in [0.3, 0.4) is 0 Å². The minimum Gasteiger partial charge on any atom is -0.505 e. The fourth-order valence-electron chi connectivity index (χ4n) is 3.50. The zero-order valence-corrected chi connectivity index (χ0v) is 13.9. The number of halogens is 6. The van der Waals surface area contributed by atoms with Gasteiger partial charge in [-0.25, -0.2) is 0 Å². The number of rotatable bonds is 2. The smallest absolute Gasteiger partial charge is 0.417 e. The fourth-order valence-corrected chi connectivity index (χ4v) is 3.50. The van der Waals surface area contributed by atoms with Gasteiger partial charge in [-0.05, 0) is 18.2 Å². The van der Waals surface area contributed by atoms with E-state index in [1.54, 1.807) is 0 Å². The van der Waals surface area contributed by atoms with Gasteiger partial charge in [0.05, 0.1) is 18.7 Å². The number of alkyl halides is 5. The van der Waals surface area contributed by atoms with Crippen LogP contribution in [0.25, 0.3) is 0 Å². The first-order chi connectivity index (χ1) is 13.1. The summed E-state index contributed by atoms with van der Waals surface area (Å²) in [4.78, 5) is 5.40. The molecule has 4 rings (SSSR count). The van der Waals surface area contributed by atoms with Crippen molar-refractivity contribution in [2.75, 3.05) is 13.2 Å². The number of fused-ring (bicyclic) bond motifs is 3. The Labute approximate surface area is 154 Å². The summed E-state index contributed by atoms with van der Waals surface area (Å²) in [7, 11) is 0. The van der Waals surface area contributed by atoms with Crippen LogP contribution in [-0.2, 0) is 10.3 Å². The summed E-state index contributed by atoms with van der Waals surface area (Å²) in [5, 5.41) is 9.53. The molecule has 0 bridgehead atoms. The van der Waals surface area contributed by atoms with Gasteiger partial charge in [-0.15, -0.1) is 0 Å². The van der Waals surface area contributed by atoms with E-state index >= 15 is 0 Å². The molecule has 0 amide bonds. The van der Waals surface area contributed by atoms with Gasteiger partial charge in [-0.3, -0.25) is 4.99 Å². The van der Waals surface area contributed by atoms with E-state index in [1.165, 1.54) is 6.07 Å². The highest BCUT2D eigenvalue weighted by Crippen LogP contribution is 2.48. The Balaban J connectivity index is 1.82. The minimum absolute atomic E-state index is 0.0252. The molecule has 0 unspecified atom stereocenters. The molecular weight excluding hydrogens is 394 g/mol. The third-order valence-corrected chi connectivity index (χ3v) is 4.71. The number of ether oxygens (including phenoxy) is 2. The first-order valence-electron chi connectivity index (χ1n) is 8.08. The van der Waals surface area contributed by atoms with Crippen LogP contribution >= 0.6 is 0 Å². The van der Waals surface area contributed by atoms with E-state index in [4.69, 9.17) is 4.74 Å². The van der Waals surface area contributed by atoms with Crippen LogP contribution in [0.1, 0.15) is 12.0 Å². The van der Waals surface area contributed by atoms with E-state index < -0.39 is 41.2 Å². The number of amidine groups is 1. The van der Waals surface area contributed by atoms with Crippen LogP contribution in [0.5, 0.6) is 11.5 Å². The number of aliphatic imine (C=N–C) groups is 1. The number of phenolic OH excluding ortho intramolecular Hbond substituents is 1. The third kappa shape index (κ3) is 2.85. The second-order valence-corrected chi connectivity index (χ2v) is 6.44. The Hall–Kier alpha value is -2.85. The highest BCUT2D eigenvalue weighted by molar-refractivity contribution is 6.00. The van der Waals surface area contributed by atoms with Crippen molar-refractivity contribution in [2.24, 2.45) is 4.99 Å². The molecule has 3 heterocycles. The molecule has 0 aliphatic carbocycles. The Morgan fingerprint density at radius 1 is 1.29 bits per heavy atom. The molecule has 3 aliphatic heterocycles. The van der Waals surface area contributed by atoms with Crippen molar-refractivity contribution in [1.82, 2.24) is 4.90 Å². The lowest BCUT2D eigenvalue weighted by atomic mass is 9.85. The normalized spacial score (nSPS) is 23.7. The topological polar surface area (TPSA) is 54.3 Å². The number of benzene rings is 1. The van der Waals surface area contributed by atoms with Gasteiger partial charge in [0.2, 0.25) is 5.82 Å². The Morgan fingerprint density at radius 3 is 2.71 bits per heavy atom. The van der Waals surface area contributed by atoms with Gasteiger partial charge in [-0.1, -0.05) is 0 Å². The maximum absolute atomic E-state index is 14.2. The lowest BCUT2D eigenvalue weighted by molar-refractivity contribution is -0.0981. The highest BCUT2D eigenvalue weighted by atomic mass is 19.4. The molecule has 1 N–H and O–H groups in total. The molecule has 5 nitrogen and oxygen atoms in total. The number of hydrogen-bond donors (Lipinski definition) is 1. The molecule has 150 valence electrons. The Kier molecular flexibility index (Phi) is 4.02. The van der Waals surface area contributed by atoms with Crippen LogP contribution in [-0.4, -0.2) is 41.8 Å². The van der Waals surface area contributed by atoms with Crippen molar-refractivity contribution in [1.29, 1.82) is 0 Å². The molecule has 1 atom stereocenters. The average molecular weight is 406 g/mol. The van der Waals surface area contributed by atoms with Gasteiger partial charge in [0.15, 0.2) is 23.1 Å². The second kappa shape index (κ2) is 6.08. The summed E-state index contributed by atoms with van der Waals surface area (Å²) in [6.07, 6.45) is -3.42. The number of phenols is 1. The van der Waals surface area contributed by atoms with E-state index in [0.717, 1.165) is 17.2 Å². The monoisotopic (exact) mass is 406 g/mol. The molecule has 1 aromatic rings. The molecule has 0 radical (unpaired) electrons. The molecule has 0 saturated heterocycles. The lowest BCUT2D eigenvalue weighted by Gasteiger charge is -2.33. The highest BCUT2D eigenvalue weighted by Gasteiger charge is 2.49. The number of nitrogens with zero attached hydrogens (tertiary/aromatic N) is 2. The van der Waals surface area contributed by atoms with Crippen molar-refractivity contribution in [3.05, 3.63) is 47.1 Å². The van der Waals surface area contributed by atoms with Crippen LogP contribution < -0.4 is 4.74 Å². The Morgan fingerprint density at radius 2 is 2.04 bits per heavy atom. The quantitative estimate of drug-likeness (QED) is 0.760. The van der Waals surface area contributed by atoms with Crippen molar-refractivity contribution >= 4 is 5.84 Å². The summed E-state index contributed by atoms with van der Waals surface area (Å²) < 4.78 is 88.7. The van der Waals surface area contributed by atoms with E-state index in [2.05, 4.69) is 9.73 Å². The molecule has 11 heteroatoms. The van der Waals surface area contributed by atoms with Crippen molar-refractivity contribution < 1.29 is 40.9 Å². The van der Waals surface area contributed by atoms with Gasteiger partial charge < -0.3 is 19.5 Å². The van der Waals surface area contributed by atoms with E-state index in [-0.39, 0.29) is 36.7 Å². The first-order valence-corrected chi connectivity index (χ1v) is 8.08. The van der Waals surface area contributed by atoms with Gasteiger partial charge in [0.25, 0.3) is 0 Å². The molecule has 0 fully saturated rings. The van der Waals surface area contributed by atoms with E-state index in [1.807, 2.05) is 0 Å². The predicted molar refractivity (Wildman–Crippen MR) is 83.3 cm³/mol. The third-order valence-electron chi connectivity index (χ3n) is 4.71. The maximum atomic E-state index is 14.2.